The van der Waals surface area contributed by atoms with Crippen LogP contribution in [-0.2, 0) is 11.2 Å². The first kappa shape index (κ1) is 29.6. The number of piperidine rings is 1. The van der Waals surface area contributed by atoms with Crippen LogP contribution in [-0.4, -0.2) is 47.6 Å². The van der Waals surface area contributed by atoms with E-state index in [1.54, 1.807) is 70.9 Å². The summed E-state index contributed by atoms with van der Waals surface area (Å²) in [6.07, 6.45) is -3.81. The molecular weight excluding hydrogens is 587 g/mol. The predicted octanol–water partition coefficient (Wildman–Crippen LogP) is 7.61. The molecule has 3 aromatic carbocycles. The maximum atomic E-state index is 13.1. The quantitative estimate of drug-likeness (QED) is 0.222. The number of nitrogens with one attached hydrogen (secondary N) is 1. The fourth-order valence-corrected chi connectivity index (χ4v) is 5.88. The Bertz CT molecular complexity index is 1530. The van der Waals surface area contributed by atoms with Crippen LogP contribution in [0.15, 0.2) is 78.2 Å². The number of carbonyl (C=O) groups excluding carboxylic acids is 2. The van der Waals surface area contributed by atoms with E-state index in [9.17, 15) is 22.8 Å². The second-order valence-electron chi connectivity index (χ2n) is 9.96. The minimum absolute atomic E-state index is 0.0486. The summed E-state index contributed by atoms with van der Waals surface area (Å²) in [5.41, 5.74) is 2.38. The third-order valence-electron chi connectivity index (χ3n) is 6.97. The summed E-state index contributed by atoms with van der Waals surface area (Å²) in [7, 11) is 0. The van der Waals surface area contributed by atoms with E-state index < -0.39 is 12.6 Å². The number of hydrogen-bond acceptors (Lipinski definition) is 5. The van der Waals surface area contributed by atoms with Gasteiger partial charge in [0.25, 0.3) is 11.8 Å². The molecule has 218 valence electrons. The van der Waals surface area contributed by atoms with Gasteiger partial charge in [-0.3, -0.25) is 9.59 Å². The third-order valence-corrected chi connectivity index (χ3v) is 8.23. The molecule has 0 atom stereocenters. The minimum Gasteiger partial charge on any atom is -0.484 e. The number of anilines is 1. The van der Waals surface area contributed by atoms with Crippen molar-refractivity contribution in [1.82, 2.24) is 9.88 Å². The molecule has 0 aliphatic carbocycles. The average molecular weight is 614 g/mol. The number of nitrogens with zero attached hydrogens (tertiary/aromatic N) is 2. The van der Waals surface area contributed by atoms with E-state index in [2.05, 4.69) is 10.3 Å². The highest BCUT2D eigenvalue weighted by Gasteiger charge is 2.28. The van der Waals surface area contributed by atoms with Crippen LogP contribution in [0.1, 0.15) is 39.8 Å². The highest BCUT2D eigenvalue weighted by molar-refractivity contribution is 7.10. The van der Waals surface area contributed by atoms with Crippen molar-refractivity contribution in [2.24, 2.45) is 0 Å². The van der Waals surface area contributed by atoms with Gasteiger partial charge in [-0.25, -0.2) is 4.98 Å². The number of rotatable bonds is 8. The molecule has 0 unspecified atom stereocenters. The standard InChI is InChI=1S/C31H27ClF3N3O3S/c32-23-9-11-24(12-10-23)41-18-28(39)38-15-13-22(14-16-38)30-37-27(19-42-30)29(40)36-26-4-2-1-3-25(26)21-7-5-20(6-8-21)17-31(33,34)35/h1-12,19,22H,13-18H2,(H,36,40). The van der Waals surface area contributed by atoms with E-state index in [1.807, 2.05) is 0 Å². The molecule has 1 aliphatic heterocycles. The largest absolute Gasteiger partial charge is 0.484 e. The fourth-order valence-electron chi connectivity index (χ4n) is 4.79. The molecule has 0 saturated carbocycles. The predicted molar refractivity (Wildman–Crippen MR) is 157 cm³/mol. The Morgan fingerprint density at radius 3 is 2.38 bits per heavy atom. The number of carbonyl (C=O) groups is 2. The van der Waals surface area contributed by atoms with E-state index >= 15 is 0 Å². The van der Waals surface area contributed by atoms with Crippen LogP contribution >= 0.6 is 22.9 Å². The smallest absolute Gasteiger partial charge is 0.393 e. The van der Waals surface area contributed by atoms with Gasteiger partial charge in [0, 0.05) is 40.7 Å². The molecule has 1 aromatic heterocycles. The minimum atomic E-state index is -4.28. The first-order valence-corrected chi connectivity index (χ1v) is 14.6. The molecule has 4 aromatic rings. The highest BCUT2D eigenvalue weighted by atomic mass is 35.5. The summed E-state index contributed by atoms with van der Waals surface area (Å²) < 4.78 is 43.7. The van der Waals surface area contributed by atoms with Crippen molar-refractivity contribution in [2.75, 3.05) is 25.0 Å². The molecular formula is C31H27ClF3N3O3S. The molecule has 5 rings (SSSR count). The maximum Gasteiger partial charge on any atom is 0.393 e. The second kappa shape index (κ2) is 13.0. The fraction of sp³-hybridized carbons (Fsp3) is 0.258. The monoisotopic (exact) mass is 613 g/mol. The van der Waals surface area contributed by atoms with Gasteiger partial charge in [0.15, 0.2) is 6.61 Å². The van der Waals surface area contributed by atoms with Crippen LogP contribution in [0.25, 0.3) is 11.1 Å². The number of halogens is 4. The van der Waals surface area contributed by atoms with Crippen LogP contribution in [0.4, 0.5) is 18.9 Å². The Balaban J connectivity index is 1.16. The molecule has 1 aliphatic rings. The van der Waals surface area contributed by atoms with Gasteiger partial charge in [-0.15, -0.1) is 11.3 Å². The number of para-hydroxylation sites is 1. The van der Waals surface area contributed by atoms with Crippen molar-refractivity contribution in [2.45, 2.75) is 31.4 Å². The Morgan fingerprint density at radius 1 is 1.00 bits per heavy atom. The Morgan fingerprint density at radius 2 is 1.69 bits per heavy atom. The number of alkyl halides is 3. The van der Waals surface area contributed by atoms with Gasteiger partial charge in [0.2, 0.25) is 0 Å². The average Bonchev–Trinajstić information content (AvgIpc) is 3.48. The molecule has 11 heteroatoms. The third kappa shape index (κ3) is 7.68. The number of ether oxygens (including phenoxy) is 1. The molecule has 1 saturated heterocycles. The summed E-state index contributed by atoms with van der Waals surface area (Å²) in [5, 5.41) is 6.06. The van der Waals surface area contributed by atoms with E-state index in [1.165, 1.54) is 23.5 Å². The summed E-state index contributed by atoms with van der Waals surface area (Å²) in [4.78, 5) is 32.1. The number of likely N-dealkylation sites (tertiary alicyclic amines) is 1. The molecule has 1 N–H and O–H groups in total. The van der Waals surface area contributed by atoms with Crippen molar-refractivity contribution in [3.63, 3.8) is 0 Å². The molecule has 6 nitrogen and oxygen atoms in total. The van der Waals surface area contributed by atoms with Gasteiger partial charge < -0.3 is 15.0 Å². The van der Waals surface area contributed by atoms with Crippen LogP contribution in [0.3, 0.4) is 0 Å². The summed E-state index contributed by atoms with van der Waals surface area (Å²) in [6, 6.07) is 20.1. The van der Waals surface area contributed by atoms with Crippen molar-refractivity contribution >= 4 is 40.4 Å². The zero-order valence-corrected chi connectivity index (χ0v) is 23.9. The van der Waals surface area contributed by atoms with Crippen LogP contribution in [0, 0.1) is 0 Å². The van der Waals surface area contributed by atoms with Crippen LogP contribution in [0.2, 0.25) is 5.02 Å². The molecule has 2 heterocycles. The maximum absolute atomic E-state index is 13.1. The summed E-state index contributed by atoms with van der Waals surface area (Å²) in [5.74, 6) is 0.264. The van der Waals surface area contributed by atoms with E-state index in [0.29, 0.717) is 46.4 Å². The molecule has 0 spiro atoms. The Labute approximate surface area is 250 Å². The van der Waals surface area contributed by atoms with Crippen molar-refractivity contribution < 1.29 is 27.5 Å². The van der Waals surface area contributed by atoms with Crippen molar-refractivity contribution in [1.29, 1.82) is 0 Å². The number of aromatic nitrogens is 1. The molecule has 42 heavy (non-hydrogen) atoms. The zero-order chi connectivity index (χ0) is 29.7. The van der Waals surface area contributed by atoms with Gasteiger partial charge >= 0.3 is 6.18 Å². The topological polar surface area (TPSA) is 71.5 Å². The van der Waals surface area contributed by atoms with E-state index in [4.69, 9.17) is 16.3 Å². The Kier molecular flexibility index (Phi) is 9.13. The van der Waals surface area contributed by atoms with Gasteiger partial charge in [-0.2, -0.15) is 13.2 Å². The molecule has 0 bridgehead atoms. The van der Waals surface area contributed by atoms with Crippen LogP contribution in [0.5, 0.6) is 5.75 Å². The normalized spacial score (nSPS) is 14.0. The van der Waals surface area contributed by atoms with Crippen molar-refractivity contribution in [3.05, 3.63) is 99.5 Å². The Hall–Kier alpha value is -3.89. The number of benzene rings is 3. The number of thiazole rings is 1. The lowest BCUT2D eigenvalue weighted by atomic mass is 9.97. The van der Waals surface area contributed by atoms with Gasteiger partial charge in [0.05, 0.1) is 11.4 Å². The second-order valence-corrected chi connectivity index (χ2v) is 11.3. The van der Waals surface area contributed by atoms with Crippen LogP contribution < -0.4 is 10.1 Å². The molecule has 2 amide bonds. The highest BCUT2D eigenvalue weighted by Crippen LogP contribution is 2.32. The summed E-state index contributed by atoms with van der Waals surface area (Å²) >= 11 is 7.30. The zero-order valence-electron chi connectivity index (χ0n) is 22.4. The first-order valence-electron chi connectivity index (χ1n) is 13.3. The lowest BCUT2D eigenvalue weighted by Gasteiger charge is -2.31. The van der Waals surface area contributed by atoms with Gasteiger partial charge in [0.1, 0.15) is 11.4 Å². The lowest BCUT2D eigenvalue weighted by Crippen LogP contribution is -2.40. The van der Waals surface area contributed by atoms with Crippen molar-refractivity contribution in [3.8, 4) is 16.9 Å². The van der Waals surface area contributed by atoms with E-state index in [-0.39, 0.29) is 29.9 Å². The number of hydrogen-bond donors (Lipinski definition) is 1. The lowest BCUT2D eigenvalue weighted by molar-refractivity contribution is -0.134. The number of amides is 2. The SMILES string of the molecule is O=C(Nc1ccccc1-c1ccc(CC(F)(F)F)cc1)c1csc(C2CCN(C(=O)COc3ccc(Cl)cc3)CC2)n1. The molecule has 0 radical (unpaired) electrons. The van der Waals surface area contributed by atoms with E-state index in [0.717, 1.165) is 17.8 Å². The van der Waals surface area contributed by atoms with Gasteiger partial charge in [-0.1, -0.05) is 54.1 Å². The van der Waals surface area contributed by atoms with Gasteiger partial charge in [-0.05, 0) is 54.3 Å². The molecule has 1 fully saturated rings. The first-order chi connectivity index (χ1) is 20.1. The summed E-state index contributed by atoms with van der Waals surface area (Å²) in [6.45, 7) is 1.10.